The molecule has 14 heavy (non-hydrogen) atoms. The van der Waals surface area contributed by atoms with Gasteiger partial charge in [0.05, 0.1) is 13.2 Å². The molecule has 0 bridgehead atoms. The average Bonchev–Trinajstić information content (AvgIpc) is 2.10. The minimum absolute atomic E-state index is 0.0991. The summed E-state index contributed by atoms with van der Waals surface area (Å²) in [5, 5.41) is 8.29. The zero-order chi connectivity index (χ0) is 11.0. The van der Waals surface area contributed by atoms with Crippen LogP contribution in [0.2, 0.25) is 0 Å². The molecular formula is C6H13F2NO4S. The van der Waals surface area contributed by atoms with E-state index in [1.807, 2.05) is 0 Å². The Kier molecular flexibility index (Phi) is 6.89. The Hall–Kier alpha value is -0.310. The second kappa shape index (κ2) is 7.04. The minimum Gasteiger partial charge on any atom is -0.394 e. The molecule has 0 saturated heterocycles. The molecule has 0 aliphatic carbocycles. The lowest BCUT2D eigenvalue weighted by Gasteiger charge is -2.05. The maximum absolute atomic E-state index is 11.7. The molecule has 0 aliphatic rings. The van der Waals surface area contributed by atoms with Crippen LogP contribution < -0.4 is 4.72 Å². The van der Waals surface area contributed by atoms with Gasteiger partial charge in [0.25, 0.3) is 10.0 Å². The second-order valence-corrected chi connectivity index (χ2v) is 4.12. The van der Waals surface area contributed by atoms with E-state index in [1.54, 1.807) is 4.72 Å². The van der Waals surface area contributed by atoms with Gasteiger partial charge >= 0.3 is 5.76 Å². The van der Waals surface area contributed by atoms with E-state index in [1.165, 1.54) is 0 Å². The molecule has 0 spiro atoms. The van der Waals surface area contributed by atoms with Crippen LogP contribution in [0.5, 0.6) is 0 Å². The van der Waals surface area contributed by atoms with Crippen molar-refractivity contribution >= 4 is 10.0 Å². The largest absolute Gasteiger partial charge is 0.394 e. The monoisotopic (exact) mass is 233 g/mol. The second-order valence-electron chi connectivity index (χ2n) is 2.39. The van der Waals surface area contributed by atoms with Crippen molar-refractivity contribution in [2.45, 2.75) is 12.2 Å². The highest BCUT2D eigenvalue weighted by atomic mass is 32.2. The van der Waals surface area contributed by atoms with E-state index in [9.17, 15) is 17.2 Å². The predicted molar refractivity (Wildman–Crippen MR) is 45.4 cm³/mol. The number of aliphatic hydroxyl groups excluding tert-OH is 1. The van der Waals surface area contributed by atoms with Crippen LogP contribution in [0.25, 0.3) is 0 Å². The Balaban J connectivity index is 3.46. The Morgan fingerprint density at radius 1 is 1.36 bits per heavy atom. The van der Waals surface area contributed by atoms with Gasteiger partial charge in [0, 0.05) is 13.2 Å². The van der Waals surface area contributed by atoms with Crippen LogP contribution >= 0.6 is 0 Å². The van der Waals surface area contributed by atoms with E-state index in [-0.39, 0.29) is 32.8 Å². The van der Waals surface area contributed by atoms with E-state index >= 15 is 0 Å². The van der Waals surface area contributed by atoms with Gasteiger partial charge in [0.15, 0.2) is 0 Å². The number of ether oxygens (including phenoxy) is 1. The number of sulfonamides is 1. The summed E-state index contributed by atoms with van der Waals surface area (Å²) in [6.45, 7) is 0.148. The highest BCUT2D eigenvalue weighted by molar-refractivity contribution is 7.89. The van der Waals surface area contributed by atoms with Gasteiger partial charge in [-0.15, -0.1) is 0 Å². The molecule has 0 aliphatic heterocycles. The summed E-state index contributed by atoms with van der Waals surface area (Å²) in [6.07, 6.45) is 0.284. The number of nitrogens with one attached hydrogen (secondary N) is 1. The van der Waals surface area contributed by atoms with Crippen molar-refractivity contribution in [2.24, 2.45) is 0 Å². The molecule has 0 aromatic rings. The molecule has 0 heterocycles. The minimum atomic E-state index is -4.48. The molecule has 0 unspecified atom stereocenters. The lowest BCUT2D eigenvalue weighted by molar-refractivity contribution is 0.0913. The third-order valence-electron chi connectivity index (χ3n) is 1.24. The number of hydrogen-bond donors (Lipinski definition) is 2. The first kappa shape index (κ1) is 13.7. The lowest BCUT2D eigenvalue weighted by Crippen LogP contribution is -2.30. The summed E-state index contributed by atoms with van der Waals surface area (Å²) in [4.78, 5) is 0. The molecule has 0 radical (unpaired) electrons. The van der Waals surface area contributed by atoms with Crippen molar-refractivity contribution in [1.29, 1.82) is 0 Å². The van der Waals surface area contributed by atoms with Gasteiger partial charge in [-0.2, -0.15) is 8.78 Å². The lowest BCUT2D eigenvalue weighted by atomic mass is 10.5. The summed E-state index contributed by atoms with van der Waals surface area (Å²) < 4.78 is 50.9. The summed E-state index contributed by atoms with van der Waals surface area (Å²) >= 11 is 0. The van der Waals surface area contributed by atoms with Crippen LogP contribution in [-0.4, -0.2) is 45.6 Å². The smallest absolute Gasteiger partial charge is 0.350 e. The van der Waals surface area contributed by atoms with Gasteiger partial charge in [0.1, 0.15) is 0 Å². The standard InChI is InChI=1S/C6H13F2NO4S/c7-6(8)14(11,12)9-2-1-4-13-5-3-10/h6,9-10H,1-5H2. The van der Waals surface area contributed by atoms with Crippen molar-refractivity contribution in [1.82, 2.24) is 4.72 Å². The molecule has 8 heteroatoms. The number of aliphatic hydroxyl groups is 1. The number of alkyl halides is 2. The van der Waals surface area contributed by atoms with Gasteiger partial charge in [-0.3, -0.25) is 0 Å². The van der Waals surface area contributed by atoms with Crippen LogP contribution in [-0.2, 0) is 14.8 Å². The number of hydrogen-bond acceptors (Lipinski definition) is 4. The van der Waals surface area contributed by atoms with Crippen molar-refractivity contribution in [2.75, 3.05) is 26.4 Å². The highest BCUT2D eigenvalue weighted by Gasteiger charge is 2.22. The Bertz CT molecular complexity index is 232. The van der Waals surface area contributed by atoms with Crippen molar-refractivity contribution in [3.63, 3.8) is 0 Å². The summed E-state index contributed by atoms with van der Waals surface area (Å²) in [5.41, 5.74) is 0. The van der Waals surface area contributed by atoms with Gasteiger partial charge in [0.2, 0.25) is 0 Å². The van der Waals surface area contributed by atoms with E-state index in [2.05, 4.69) is 0 Å². The third-order valence-corrected chi connectivity index (χ3v) is 2.31. The van der Waals surface area contributed by atoms with Gasteiger partial charge < -0.3 is 9.84 Å². The zero-order valence-electron chi connectivity index (χ0n) is 7.45. The first-order valence-electron chi connectivity index (χ1n) is 3.96. The SMILES string of the molecule is O=S(=O)(NCCCOCCO)C(F)F. The molecule has 5 nitrogen and oxygen atoms in total. The van der Waals surface area contributed by atoms with Gasteiger partial charge in [-0.25, -0.2) is 13.1 Å². The highest BCUT2D eigenvalue weighted by Crippen LogP contribution is 2.00. The molecular weight excluding hydrogens is 220 g/mol. The van der Waals surface area contributed by atoms with E-state index in [0.717, 1.165) is 0 Å². The topological polar surface area (TPSA) is 75.6 Å². The van der Waals surface area contributed by atoms with Crippen LogP contribution in [0.1, 0.15) is 6.42 Å². The van der Waals surface area contributed by atoms with E-state index in [4.69, 9.17) is 9.84 Å². The fourth-order valence-electron chi connectivity index (χ4n) is 0.618. The van der Waals surface area contributed by atoms with Crippen LogP contribution in [0.4, 0.5) is 8.78 Å². The Morgan fingerprint density at radius 2 is 2.00 bits per heavy atom. The normalized spacial score (nSPS) is 12.3. The summed E-state index contributed by atoms with van der Waals surface area (Å²) in [5.74, 6) is -3.40. The van der Waals surface area contributed by atoms with E-state index in [0.29, 0.717) is 0 Å². The Labute approximate surface area is 81.1 Å². The van der Waals surface area contributed by atoms with E-state index < -0.39 is 15.8 Å². The quantitative estimate of drug-likeness (QED) is 0.556. The molecule has 0 rings (SSSR count). The van der Waals surface area contributed by atoms with Crippen molar-refractivity contribution < 1.29 is 27.0 Å². The first-order valence-corrected chi connectivity index (χ1v) is 5.50. The molecule has 0 saturated carbocycles. The molecule has 86 valence electrons. The maximum atomic E-state index is 11.7. The first-order chi connectivity index (χ1) is 6.50. The van der Waals surface area contributed by atoms with Crippen LogP contribution in [0.3, 0.4) is 0 Å². The fraction of sp³-hybridized carbons (Fsp3) is 1.00. The summed E-state index contributed by atoms with van der Waals surface area (Å²) in [6, 6.07) is 0. The zero-order valence-corrected chi connectivity index (χ0v) is 8.27. The molecule has 0 aromatic heterocycles. The maximum Gasteiger partial charge on any atom is 0.350 e. The molecule has 0 fully saturated rings. The molecule has 0 amide bonds. The van der Waals surface area contributed by atoms with Gasteiger partial charge in [-0.05, 0) is 6.42 Å². The number of rotatable bonds is 8. The van der Waals surface area contributed by atoms with Gasteiger partial charge in [-0.1, -0.05) is 0 Å². The third kappa shape index (κ3) is 6.19. The van der Waals surface area contributed by atoms with Crippen LogP contribution in [0.15, 0.2) is 0 Å². The number of halogens is 2. The molecule has 0 atom stereocenters. The van der Waals surface area contributed by atoms with Crippen molar-refractivity contribution in [3.8, 4) is 0 Å². The fourth-order valence-corrected chi connectivity index (χ4v) is 1.17. The molecule has 0 aromatic carbocycles. The Morgan fingerprint density at radius 3 is 2.50 bits per heavy atom. The average molecular weight is 233 g/mol. The summed E-state index contributed by atoms with van der Waals surface area (Å²) in [7, 11) is -4.48. The predicted octanol–water partition coefficient (Wildman–Crippen LogP) is -0.473. The van der Waals surface area contributed by atoms with Crippen LogP contribution in [0, 0.1) is 0 Å². The van der Waals surface area contributed by atoms with Crippen molar-refractivity contribution in [3.05, 3.63) is 0 Å². The molecule has 2 N–H and O–H groups in total.